The Morgan fingerprint density at radius 2 is 1.77 bits per heavy atom. The summed E-state index contributed by atoms with van der Waals surface area (Å²) in [6, 6.07) is 0. The van der Waals surface area contributed by atoms with Gasteiger partial charge in [0.1, 0.15) is 0 Å². The maximum Gasteiger partial charge on any atom is 0.0707 e. The Hall–Kier alpha value is 0.230. The average molecular weight is 207 g/mol. The van der Waals surface area contributed by atoms with E-state index in [1.165, 1.54) is 0 Å². The summed E-state index contributed by atoms with van der Waals surface area (Å²) in [5, 5.41) is 0. The lowest BCUT2D eigenvalue weighted by atomic mass is 10.2. The molecule has 0 bridgehead atoms. The number of likely N-dealkylation sites (N-methyl/N-ethyl adjacent to an activating group) is 1. The van der Waals surface area contributed by atoms with Crippen molar-refractivity contribution >= 4 is 12.8 Å². The van der Waals surface area contributed by atoms with E-state index in [1.807, 2.05) is 27.8 Å². The van der Waals surface area contributed by atoms with E-state index < -0.39 is 0 Å². The normalized spacial score (nSPS) is 12.5. The molecular weight excluding hydrogens is 186 g/mol. The van der Waals surface area contributed by atoms with Gasteiger partial charge in [0.05, 0.1) is 25.4 Å². The van der Waals surface area contributed by atoms with Gasteiger partial charge >= 0.3 is 0 Å². The highest BCUT2D eigenvalue weighted by atomic mass is 32.1. The molecule has 0 unspecified atom stereocenters. The van der Waals surface area contributed by atoms with Gasteiger partial charge in [-0.3, -0.25) is 4.31 Å². The molecule has 0 aliphatic rings. The molecule has 0 aliphatic carbocycles. The van der Waals surface area contributed by atoms with Crippen LogP contribution in [0.15, 0.2) is 0 Å². The smallest absolute Gasteiger partial charge is 0.0707 e. The highest BCUT2D eigenvalue weighted by molar-refractivity contribution is 7.77. The molecule has 0 fully saturated rings. The molecule has 0 saturated heterocycles. The van der Waals surface area contributed by atoms with Crippen molar-refractivity contribution < 1.29 is 9.47 Å². The third-order valence-electron chi connectivity index (χ3n) is 1.32. The number of nitrogens with zero attached hydrogens (tertiary/aromatic N) is 1. The second kappa shape index (κ2) is 6.65. The SMILES string of the molecule is CN(S)CCOCCOC(C)(C)C. The van der Waals surface area contributed by atoms with E-state index >= 15 is 0 Å². The fourth-order valence-corrected chi connectivity index (χ4v) is 0.787. The molecule has 0 saturated carbocycles. The Bertz CT molecular complexity index is 123. The van der Waals surface area contributed by atoms with Gasteiger partial charge < -0.3 is 9.47 Å². The Morgan fingerprint density at radius 1 is 1.15 bits per heavy atom. The van der Waals surface area contributed by atoms with E-state index in [0.29, 0.717) is 19.8 Å². The molecule has 0 heterocycles. The average Bonchev–Trinajstić information content (AvgIpc) is 1.93. The summed E-state index contributed by atoms with van der Waals surface area (Å²) >= 11 is 4.09. The summed E-state index contributed by atoms with van der Waals surface area (Å²) < 4.78 is 12.6. The standard InChI is InChI=1S/C9H21NO2S/c1-9(2,3)12-8-7-11-6-5-10(4)13/h13H,5-8H2,1-4H3. The Labute approximate surface area is 86.9 Å². The fraction of sp³-hybridized carbons (Fsp3) is 1.00. The largest absolute Gasteiger partial charge is 0.378 e. The lowest BCUT2D eigenvalue weighted by molar-refractivity contribution is -0.0350. The molecule has 0 rings (SSSR count). The van der Waals surface area contributed by atoms with Crippen molar-refractivity contribution in [3.63, 3.8) is 0 Å². The van der Waals surface area contributed by atoms with Crippen LogP contribution in [-0.4, -0.2) is 43.3 Å². The van der Waals surface area contributed by atoms with Crippen molar-refractivity contribution in [2.75, 3.05) is 33.4 Å². The Kier molecular flexibility index (Phi) is 6.77. The summed E-state index contributed by atoms with van der Waals surface area (Å²) in [6.45, 7) is 8.95. The molecular formula is C9H21NO2S. The molecule has 0 N–H and O–H groups in total. The zero-order valence-electron chi connectivity index (χ0n) is 9.04. The zero-order valence-corrected chi connectivity index (χ0v) is 9.93. The van der Waals surface area contributed by atoms with Gasteiger partial charge in [-0.15, -0.1) is 0 Å². The molecule has 0 amide bonds. The van der Waals surface area contributed by atoms with Crippen LogP contribution in [0, 0.1) is 0 Å². The first-order valence-electron chi connectivity index (χ1n) is 4.53. The monoisotopic (exact) mass is 207 g/mol. The van der Waals surface area contributed by atoms with Crippen LogP contribution < -0.4 is 0 Å². The van der Waals surface area contributed by atoms with Crippen molar-refractivity contribution in [1.82, 2.24) is 4.31 Å². The van der Waals surface area contributed by atoms with Gasteiger partial charge in [-0.25, -0.2) is 0 Å². The fourth-order valence-electron chi connectivity index (χ4n) is 0.706. The van der Waals surface area contributed by atoms with Crippen LogP contribution in [0.1, 0.15) is 20.8 Å². The van der Waals surface area contributed by atoms with Crippen LogP contribution in [0.4, 0.5) is 0 Å². The van der Waals surface area contributed by atoms with E-state index in [0.717, 1.165) is 6.54 Å². The quantitative estimate of drug-likeness (QED) is 0.528. The maximum atomic E-state index is 5.48. The highest BCUT2D eigenvalue weighted by Crippen LogP contribution is 2.05. The number of ether oxygens (including phenoxy) is 2. The maximum absolute atomic E-state index is 5.48. The number of hydrogen-bond donors (Lipinski definition) is 1. The first-order chi connectivity index (χ1) is 5.92. The van der Waals surface area contributed by atoms with Crippen LogP contribution in [0.3, 0.4) is 0 Å². The van der Waals surface area contributed by atoms with E-state index in [-0.39, 0.29) is 5.60 Å². The van der Waals surface area contributed by atoms with Gasteiger partial charge in [-0.05, 0) is 27.8 Å². The molecule has 0 atom stereocenters. The molecule has 0 radical (unpaired) electrons. The third kappa shape index (κ3) is 12.2. The van der Waals surface area contributed by atoms with Crippen molar-refractivity contribution in [2.45, 2.75) is 26.4 Å². The lowest BCUT2D eigenvalue weighted by Crippen LogP contribution is -2.22. The van der Waals surface area contributed by atoms with E-state index in [9.17, 15) is 0 Å². The third-order valence-corrected chi connectivity index (χ3v) is 1.52. The molecule has 3 nitrogen and oxygen atoms in total. The van der Waals surface area contributed by atoms with Gasteiger partial charge in [0.15, 0.2) is 0 Å². The summed E-state index contributed by atoms with van der Waals surface area (Å²) in [5.41, 5.74) is -0.0658. The number of hydrogen-bond acceptors (Lipinski definition) is 4. The molecule has 0 aromatic rings. The van der Waals surface area contributed by atoms with E-state index in [2.05, 4.69) is 12.8 Å². The predicted molar refractivity (Wildman–Crippen MR) is 58.1 cm³/mol. The van der Waals surface area contributed by atoms with Crippen molar-refractivity contribution in [3.8, 4) is 0 Å². The first kappa shape index (κ1) is 13.2. The lowest BCUT2D eigenvalue weighted by Gasteiger charge is -2.19. The van der Waals surface area contributed by atoms with Gasteiger partial charge in [0.2, 0.25) is 0 Å². The molecule has 13 heavy (non-hydrogen) atoms. The van der Waals surface area contributed by atoms with Crippen molar-refractivity contribution in [1.29, 1.82) is 0 Å². The molecule has 0 spiro atoms. The predicted octanol–water partition coefficient (Wildman–Crippen LogP) is 1.59. The van der Waals surface area contributed by atoms with Crippen LogP contribution in [0.2, 0.25) is 0 Å². The van der Waals surface area contributed by atoms with E-state index in [1.54, 1.807) is 4.31 Å². The highest BCUT2D eigenvalue weighted by Gasteiger charge is 2.08. The summed E-state index contributed by atoms with van der Waals surface area (Å²) in [6.07, 6.45) is 0. The molecule has 0 aromatic carbocycles. The summed E-state index contributed by atoms with van der Waals surface area (Å²) in [4.78, 5) is 0. The van der Waals surface area contributed by atoms with Crippen molar-refractivity contribution in [2.24, 2.45) is 0 Å². The summed E-state index contributed by atoms with van der Waals surface area (Å²) in [5.74, 6) is 0. The number of rotatable bonds is 6. The second-order valence-electron chi connectivity index (χ2n) is 3.95. The zero-order chi connectivity index (χ0) is 10.3. The van der Waals surface area contributed by atoms with Crippen LogP contribution in [-0.2, 0) is 9.47 Å². The Morgan fingerprint density at radius 3 is 2.23 bits per heavy atom. The molecule has 80 valence electrons. The second-order valence-corrected chi connectivity index (χ2v) is 4.64. The first-order valence-corrected chi connectivity index (χ1v) is 4.93. The summed E-state index contributed by atoms with van der Waals surface area (Å²) in [7, 11) is 1.90. The minimum atomic E-state index is -0.0658. The van der Waals surface area contributed by atoms with Crippen LogP contribution in [0.25, 0.3) is 0 Å². The van der Waals surface area contributed by atoms with Gasteiger partial charge in [-0.2, -0.15) is 0 Å². The Balaban J connectivity index is 3.09. The molecule has 0 aliphatic heterocycles. The van der Waals surface area contributed by atoms with Crippen molar-refractivity contribution in [3.05, 3.63) is 0 Å². The van der Waals surface area contributed by atoms with Crippen LogP contribution in [0.5, 0.6) is 0 Å². The number of thiol groups is 1. The van der Waals surface area contributed by atoms with Gasteiger partial charge in [0.25, 0.3) is 0 Å². The van der Waals surface area contributed by atoms with E-state index in [4.69, 9.17) is 9.47 Å². The minimum Gasteiger partial charge on any atom is -0.378 e. The molecule has 4 heteroatoms. The minimum absolute atomic E-state index is 0.0658. The topological polar surface area (TPSA) is 21.7 Å². The van der Waals surface area contributed by atoms with Gasteiger partial charge in [0, 0.05) is 6.54 Å². The molecule has 0 aromatic heterocycles. The van der Waals surface area contributed by atoms with Crippen LogP contribution >= 0.6 is 12.8 Å². The van der Waals surface area contributed by atoms with Gasteiger partial charge in [-0.1, -0.05) is 12.8 Å².